The molecule has 3 aromatic rings. The average molecular weight is 633 g/mol. The fourth-order valence-electron chi connectivity index (χ4n) is 4.65. The van der Waals surface area contributed by atoms with Crippen LogP contribution in [0.4, 0.5) is 26.3 Å². The third-order valence-electron chi connectivity index (χ3n) is 6.96. The lowest BCUT2D eigenvalue weighted by molar-refractivity contribution is -0.376. The predicted octanol–water partition coefficient (Wildman–Crippen LogP) is 7.68. The first-order valence-electron chi connectivity index (χ1n) is 13.2. The molecule has 6 nitrogen and oxygen atoms in total. The summed E-state index contributed by atoms with van der Waals surface area (Å²) in [4.78, 5) is 12.6. The Morgan fingerprint density at radius 1 is 0.860 bits per heavy atom. The van der Waals surface area contributed by atoms with Crippen LogP contribution in [0.2, 0.25) is 0 Å². The van der Waals surface area contributed by atoms with Crippen molar-refractivity contribution in [2.75, 3.05) is 0 Å². The first kappa shape index (κ1) is 34.1. The van der Waals surface area contributed by atoms with E-state index in [0.29, 0.717) is 35.2 Å². The molecule has 0 heterocycles. The highest BCUT2D eigenvalue weighted by atomic mass is 32.2. The standard InChI is InChI=1S/C30H30F6O6S/c1-4-6-21-17-22(28(38,29(31,32)33)30(34,35)36)16-20(5-2)27(21)42-23-10-13-25(18(3)15-23)26(37)14-9-19-7-11-24(12-8-19)43(39,40)41/h7-8,10-13,15-17,38H,4-6,9,14H2,1-3H3,(H,39,40,41). The van der Waals surface area contributed by atoms with Gasteiger partial charge in [0, 0.05) is 17.5 Å². The number of halogens is 6. The molecule has 0 saturated carbocycles. The number of alkyl halides is 6. The van der Waals surface area contributed by atoms with Crippen molar-refractivity contribution in [3.63, 3.8) is 0 Å². The van der Waals surface area contributed by atoms with E-state index >= 15 is 0 Å². The van der Waals surface area contributed by atoms with Crippen molar-refractivity contribution in [2.45, 2.75) is 75.7 Å². The Hall–Kier alpha value is -3.42. The molecule has 0 spiro atoms. The number of hydrogen-bond acceptors (Lipinski definition) is 5. The van der Waals surface area contributed by atoms with Gasteiger partial charge in [-0.3, -0.25) is 9.35 Å². The zero-order valence-electron chi connectivity index (χ0n) is 23.4. The molecule has 0 radical (unpaired) electrons. The number of aliphatic hydroxyl groups is 1. The number of ketones is 1. The van der Waals surface area contributed by atoms with Gasteiger partial charge in [-0.2, -0.15) is 34.8 Å². The van der Waals surface area contributed by atoms with Gasteiger partial charge in [-0.25, -0.2) is 0 Å². The van der Waals surface area contributed by atoms with E-state index < -0.39 is 33.6 Å². The van der Waals surface area contributed by atoms with Crippen LogP contribution in [-0.2, 0) is 35.0 Å². The van der Waals surface area contributed by atoms with E-state index in [4.69, 9.17) is 9.29 Å². The number of hydrogen-bond donors (Lipinski definition) is 2. The molecule has 0 aliphatic heterocycles. The van der Waals surface area contributed by atoms with E-state index in [-0.39, 0.29) is 59.0 Å². The predicted molar refractivity (Wildman–Crippen MR) is 146 cm³/mol. The molecular weight excluding hydrogens is 602 g/mol. The molecule has 2 N–H and O–H groups in total. The maximum Gasteiger partial charge on any atom is 0.430 e. The summed E-state index contributed by atoms with van der Waals surface area (Å²) in [6.07, 6.45) is -11.2. The highest BCUT2D eigenvalue weighted by Crippen LogP contribution is 2.51. The second-order valence-corrected chi connectivity index (χ2v) is 11.5. The van der Waals surface area contributed by atoms with Gasteiger partial charge in [0.05, 0.1) is 4.90 Å². The molecule has 3 aromatic carbocycles. The first-order valence-corrected chi connectivity index (χ1v) is 14.7. The van der Waals surface area contributed by atoms with Crippen molar-refractivity contribution >= 4 is 15.9 Å². The first-order chi connectivity index (χ1) is 19.8. The zero-order chi connectivity index (χ0) is 32.4. The molecule has 0 atom stereocenters. The van der Waals surface area contributed by atoms with Crippen LogP contribution >= 0.6 is 0 Å². The van der Waals surface area contributed by atoms with Gasteiger partial charge in [-0.1, -0.05) is 32.4 Å². The highest BCUT2D eigenvalue weighted by molar-refractivity contribution is 7.85. The summed E-state index contributed by atoms with van der Waals surface area (Å²) in [7, 11) is -4.34. The van der Waals surface area contributed by atoms with Crippen LogP contribution in [0.1, 0.15) is 64.9 Å². The van der Waals surface area contributed by atoms with Crippen molar-refractivity contribution in [2.24, 2.45) is 0 Å². The van der Waals surface area contributed by atoms with E-state index in [9.17, 15) is 44.7 Å². The fraction of sp³-hybridized carbons (Fsp3) is 0.367. The maximum absolute atomic E-state index is 13.6. The molecule has 0 unspecified atom stereocenters. The lowest BCUT2D eigenvalue weighted by Gasteiger charge is -2.33. The maximum atomic E-state index is 13.6. The molecule has 0 fully saturated rings. The molecule has 13 heteroatoms. The normalized spacial score (nSPS) is 12.8. The van der Waals surface area contributed by atoms with E-state index in [1.165, 1.54) is 49.4 Å². The molecule has 0 aliphatic rings. The molecule has 0 aliphatic carbocycles. The molecule has 0 aromatic heterocycles. The summed E-state index contributed by atoms with van der Waals surface area (Å²) >= 11 is 0. The smallest absolute Gasteiger partial charge is 0.430 e. The van der Waals surface area contributed by atoms with Crippen LogP contribution in [0.15, 0.2) is 59.5 Å². The summed E-state index contributed by atoms with van der Waals surface area (Å²) in [5.41, 5.74) is -4.78. The van der Waals surface area contributed by atoms with Crippen LogP contribution in [0, 0.1) is 6.92 Å². The SMILES string of the molecule is CCCc1cc(C(O)(C(F)(F)F)C(F)(F)F)cc(CC)c1Oc1ccc(C(=O)CCc2ccc(S(=O)(=O)O)cc2)c(C)c1. The Kier molecular flexibility index (Phi) is 10.0. The molecule has 0 saturated heterocycles. The summed E-state index contributed by atoms with van der Waals surface area (Å²) in [6, 6.07) is 11.2. The van der Waals surface area contributed by atoms with Gasteiger partial charge in [0.2, 0.25) is 0 Å². The number of carbonyl (C=O) groups excluding carboxylic acids is 1. The van der Waals surface area contributed by atoms with Crippen LogP contribution < -0.4 is 4.74 Å². The Balaban J connectivity index is 1.89. The number of benzene rings is 3. The molecule has 0 bridgehead atoms. The minimum Gasteiger partial charge on any atom is -0.457 e. The van der Waals surface area contributed by atoms with Gasteiger partial charge in [-0.15, -0.1) is 0 Å². The molecule has 43 heavy (non-hydrogen) atoms. The second-order valence-electron chi connectivity index (χ2n) is 10.1. The van der Waals surface area contributed by atoms with Gasteiger partial charge in [0.1, 0.15) is 11.5 Å². The van der Waals surface area contributed by atoms with Gasteiger partial charge in [-0.05, 0) is 90.9 Å². The minimum atomic E-state index is -6.02. The second kappa shape index (κ2) is 12.7. The average Bonchev–Trinajstić information content (AvgIpc) is 2.90. The van der Waals surface area contributed by atoms with Crippen molar-refractivity contribution in [1.82, 2.24) is 0 Å². The molecular formula is C30H30F6O6S. The Morgan fingerprint density at radius 3 is 1.93 bits per heavy atom. The van der Waals surface area contributed by atoms with E-state index in [1.54, 1.807) is 13.8 Å². The van der Waals surface area contributed by atoms with Gasteiger partial charge in [0.15, 0.2) is 5.78 Å². The van der Waals surface area contributed by atoms with E-state index in [2.05, 4.69) is 0 Å². The number of aryl methyl sites for hydroxylation is 4. The monoisotopic (exact) mass is 632 g/mol. The van der Waals surface area contributed by atoms with Gasteiger partial charge in [0.25, 0.3) is 15.7 Å². The molecule has 234 valence electrons. The number of carbonyl (C=O) groups is 1. The number of ether oxygens (including phenoxy) is 1. The topological polar surface area (TPSA) is 101 Å². The third kappa shape index (κ3) is 7.39. The lowest BCUT2D eigenvalue weighted by atomic mass is 9.87. The van der Waals surface area contributed by atoms with E-state index in [0.717, 1.165) is 0 Å². The highest BCUT2D eigenvalue weighted by Gasteiger charge is 2.71. The van der Waals surface area contributed by atoms with Crippen molar-refractivity contribution < 1.29 is 54.0 Å². The van der Waals surface area contributed by atoms with Gasteiger partial charge < -0.3 is 9.84 Å². The number of Topliss-reactive ketones (excluding diaryl/α,β-unsaturated/α-hetero) is 1. The Labute approximate surface area is 245 Å². The van der Waals surface area contributed by atoms with Crippen LogP contribution in [0.5, 0.6) is 11.5 Å². The van der Waals surface area contributed by atoms with Crippen molar-refractivity contribution in [3.05, 3.63) is 88.0 Å². The van der Waals surface area contributed by atoms with Crippen LogP contribution in [0.3, 0.4) is 0 Å². The minimum absolute atomic E-state index is 0.00640. The largest absolute Gasteiger partial charge is 0.457 e. The quantitative estimate of drug-likeness (QED) is 0.128. The third-order valence-corrected chi connectivity index (χ3v) is 7.83. The van der Waals surface area contributed by atoms with Crippen molar-refractivity contribution in [3.8, 4) is 11.5 Å². The summed E-state index contributed by atoms with van der Waals surface area (Å²) in [5, 5.41) is 9.97. The number of rotatable bonds is 11. The van der Waals surface area contributed by atoms with Crippen molar-refractivity contribution in [1.29, 1.82) is 0 Å². The van der Waals surface area contributed by atoms with Crippen LogP contribution in [0.25, 0.3) is 0 Å². The summed E-state index contributed by atoms with van der Waals surface area (Å²) in [6.45, 7) is 4.87. The van der Waals surface area contributed by atoms with Gasteiger partial charge >= 0.3 is 12.4 Å². The van der Waals surface area contributed by atoms with E-state index in [1.807, 2.05) is 0 Å². The zero-order valence-corrected chi connectivity index (χ0v) is 24.3. The Morgan fingerprint density at radius 2 is 1.44 bits per heavy atom. The molecule has 0 amide bonds. The molecule has 3 rings (SSSR count). The fourth-order valence-corrected chi connectivity index (χ4v) is 5.13. The summed E-state index contributed by atoms with van der Waals surface area (Å²) < 4.78 is 119. The lowest BCUT2D eigenvalue weighted by Crippen LogP contribution is -2.54. The Bertz CT molecular complexity index is 1560. The summed E-state index contributed by atoms with van der Waals surface area (Å²) in [5.74, 6) is 0.0509. The van der Waals surface area contributed by atoms with Crippen LogP contribution in [-0.4, -0.2) is 36.2 Å².